The minimum atomic E-state index is 0.366. The van der Waals surface area contributed by atoms with Gasteiger partial charge in [-0.3, -0.25) is 0 Å². The lowest BCUT2D eigenvalue weighted by molar-refractivity contribution is 0.0850. The van der Waals surface area contributed by atoms with E-state index in [2.05, 4.69) is 27.8 Å². The molecule has 30 valence electrons. The molecule has 0 atom stereocenters. The van der Waals surface area contributed by atoms with Crippen molar-refractivity contribution in [3.63, 3.8) is 0 Å². The third kappa shape index (κ3) is 0.436. The molecule has 0 amide bonds. The summed E-state index contributed by atoms with van der Waals surface area (Å²) in [5, 5.41) is 0. The number of hydrogen-bond donors (Lipinski definition) is 0. The molecule has 1 aliphatic rings. The second-order valence-electron chi connectivity index (χ2n) is 0.756. The zero-order valence-electron chi connectivity index (χ0n) is 3.02. The molecule has 1 heterocycles. The van der Waals surface area contributed by atoms with Crippen molar-refractivity contribution < 1.29 is 9.78 Å². The average molecular weight is 82.1 g/mol. The molecule has 0 saturated carbocycles. The lowest BCUT2D eigenvalue weighted by atomic mass is 10.8. The standard InChI is InChI=1S/C4H2O2/c1-2-3-4-5-6-4/h1H2. The first-order chi connectivity index (χ1) is 2.93. The van der Waals surface area contributed by atoms with Crippen LogP contribution in [0, 0.1) is 0 Å². The normalized spacial score (nSPS) is 13.0. The van der Waals surface area contributed by atoms with E-state index >= 15 is 0 Å². The lowest BCUT2D eigenvalue weighted by Crippen LogP contribution is -1.27. The quantitative estimate of drug-likeness (QED) is 0.244. The third-order valence-corrected chi connectivity index (χ3v) is 0.357. The van der Waals surface area contributed by atoms with E-state index in [1.807, 2.05) is 0 Å². The van der Waals surface area contributed by atoms with Gasteiger partial charge in [-0.25, -0.2) is 9.78 Å². The highest BCUT2D eigenvalue weighted by molar-refractivity contribution is 4.85. The van der Waals surface area contributed by atoms with Gasteiger partial charge in [0.25, 0.3) is 0 Å². The van der Waals surface area contributed by atoms with Crippen LogP contribution in [0.25, 0.3) is 0 Å². The van der Waals surface area contributed by atoms with Gasteiger partial charge in [0, 0.05) is 5.73 Å². The molecule has 0 radical (unpaired) electrons. The summed E-state index contributed by atoms with van der Waals surface area (Å²) in [4.78, 5) is 8.30. The van der Waals surface area contributed by atoms with Gasteiger partial charge >= 0.3 is 5.95 Å². The van der Waals surface area contributed by atoms with Gasteiger partial charge in [-0.1, -0.05) is 5.73 Å². The summed E-state index contributed by atoms with van der Waals surface area (Å²) in [5.74, 6) is 0.366. The lowest BCUT2D eigenvalue weighted by Gasteiger charge is -1.28. The van der Waals surface area contributed by atoms with Crippen molar-refractivity contribution >= 4 is 0 Å². The molecule has 0 aromatic carbocycles. The first-order valence-corrected chi connectivity index (χ1v) is 1.43. The van der Waals surface area contributed by atoms with Crippen molar-refractivity contribution in [3.8, 4) is 0 Å². The van der Waals surface area contributed by atoms with E-state index in [0.29, 0.717) is 5.95 Å². The van der Waals surface area contributed by atoms with Gasteiger partial charge in [0.15, 0.2) is 0 Å². The van der Waals surface area contributed by atoms with Crippen LogP contribution in [0.2, 0.25) is 0 Å². The van der Waals surface area contributed by atoms with Crippen molar-refractivity contribution in [2.45, 2.75) is 0 Å². The number of hydrogen-bond acceptors (Lipinski definition) is 2. The van der Waals surface area contributed by atoms with Crippen molar-refractivity contribution in [2.75, 3.05) is 0 Å². The third-order valence-electron chi connectivity index (χ3n) is 0.357. The van der Waals surface area contributed by atoms with Gasteiger partial charge in [0.1, 0.15) is 0 Å². The molecule has 2 nitrogen and oxygen atoms in total. The van der Waals surface area contributed by atoms with Crippen LogP contribution in [-0.2, 0) is 9.78 Å². The maximum atomic E-state index is 4.15. The van der Waals surface area contributed by atoms with Crippen molar-refractivity contribution in [1.82, 2.24) is 0 Å². The van der Waals surface area contributed by atoms with Crippen LogP contribution in [0.5, 0.6) is 0 Å². The maximum absolute atomic E-state index is 4.15. The molecular formula is C4H2O2. The molecule has 0 aromatic heterocycles. The fourth-order valence-corrected chi connectivity index (χ4v) is 0.135. The molecule has 1 rings (SSSR count). The topological polar surface area (TPSA) is 25.1 Å². The predicted octanol–water partition coefficient (Wildman–Crippen LogP) is 0.730. The summed E-state index contributed by atoms with van der Waals surface area (Å²) >= 11 is 0. The van der Waals surface area contributed by atoms with Crippen molar-refractivity contribution in [2.24, 2.45) is 0 Å². The van der Waals surface area contributed by atoms with E-state index in [-0.39, 0.29) is 0 Å². The number of rotatable bonds is 0. The first kappa shape index (κ1) is 3.10. The molecule has 0 spiro atoms. The molecule has 0 bridgehead atoms. The van der Waals surface area contributed by atoms with Gasteiger partial charge in [-0.2, -0.15) is 0 Å². The summed E-state index contributed by atoms with van der Waals surface area (Å²) in [6, 6.07) is 0. The van der Waals surface area contributed by atoms with Crippen LogP contribution in [0.4, 0.5) is 0 Å². The second-order valence-corrected chi connectivity index (χ2v) is 0.756. The van der Waals surface area contributed by atoms with E-state index in [1.54, 1.807) is 0 Å². The highest BCUT2D eigenvalue weighted by Crippen LogP contribution is 2.13. The fraction of sp³-hybridized carbons (Fsp3) is 0. The Morgan fingerprint density at radius 3 is 2.33 bits per heavy atom. The average Bonchev–Trinajstić information content (AvgIpc) is 2.21. The molecule has 0 aliphatic carbocycles. The monoisotopic (exact) mass is 82.0 g/mol. The molecule has 6 heavy (non-hydrogen) atoms. The first-order valence-electron chi connectivity index (χ1n) is 1.43. The summed E-state index contributed by atoms with van der Waals surface area (Å²) in [6.07, 6.45) is 0. The zero-order valence-corrected chi connectivity index (χ0v) is 3.02. The Kier molecular flexibility index (Phi) is 0.487. The van der Waals surface area contributed by atoms with E-state index in [9.17, 15) is 0 Å². The van der Waals surface area contributed by atoms with E-state index in [0.717, 1.165) is 0 Å². The van der Waals surface area contributed by atoms with Crippen molar-refractivity contribution in [3.05, 3.63) is 24.0 Å². The molecule has 1 saturated heterocycles. The fourth-order valence-electron chi connectivity index (χ4n) is 0.135. The summed E-state index contributed by atoms with van der Waals surface area (Å²) in [7, 11) is 0. The summed E-state index contributed by atoms with van der Waals surface area (Å²) in [5.41, 5.74) is 4.77. The van der Waals surface area contributed by atoms with E-state index in [1.165, 1.54) is 0 Å². The summed E-state index contributed by atoms with van der Waals surface area (Å²) < 4.78 is 0. The molecule has 1 fully saturated rings. The van der Waals surface area contributed by atoms with Gasteiger partial charge < -0.3 is 0 Å². The zero-order chi connectivity index (χ0) is 4.41. The Bertz CT molecular complexity index is 130. The Hall–Kier alpha value is -1.10. The minimum absolute atomic E-state index is 0.366. The van der Waals surface area contributed by atoms with Crippen molar-refractivity contribution in [1.29, 1.82) is 0 Å². The Labute approximate surface area is 34.9 Å². The Morgan fingerprint density at radius 1 is 1.50 bits per heavy atom. The van der Waals surface area contributed by atoms with Gasteiger partial charge in [0.2, 0.25) is 0 Å². The van der Waals surface area contributed by atoms with E-state index < -0.39 is 0 Å². The highest BCUT2D eigenvalue weighted by atomic mass is 17.4. The van der Waals surface area contributed by atoms with Crippen LogP contribution in [-0.4, -0.2) is 0 Å². The van der Waals surface area contributed by atoms with Crippen LogP contribution in [0.1, 0.15) is 0 Å². The maximum Gasteiger partial charge on any atom is 0.430 e. The molecular weight excluding hydrogens is 80.0 g/mol. The molecule has 1 aliphatic heterocycles. The van der Waals surface area contributed by atoms with Crippen LogP contribution < -0.4 is 0 Å². The molecule has 0 unspecified atom stereocenters. The Morgan fingerprint density at radius 2 is 2.17 bits per heavy atom. The summed E-state index contributed by atoms with van der Waals surface area (Å²) in [6.45, 7) is 3.22. The Balaban J connectivity index is 2.90. The van der Waals surface area contributed by atoms with Crippen LogP contribution in [0.15, 0.2) is 24.0 Å². The minimum Gasteiger partial charge on any atom is -0.231 e. The van der Waals surface area contributed by atoms with E-state index in [4.69, 9.17) is 0 Å². The van der Waals surface area contributed by atoms with Gasteiger partial charge in [-0.15, -0.1) is 0 Å². The highest BCUT2D eigenvalue weighted by Gasteiger charge is 2.15. The second kappa shape index (κ2) is 0.942. The predicted molar refractivity (Wildman–Crippen MR) is 18.3 cm³/mol. The van der Waals surface area contributed by atoms with Gasteiger partial charge in [0.05, 0.1) is 0 Å². The molecule has 0 aromatic rings. The van der Waals surface area contributed by atoms with Crippen LogP contribution >= 0.6 is 0 Å². The van der Waals surface area contributed by atoms with Crippen LogP contribution in [0.3, 0.4) is 0 Å². The smallest absolute Gasteiger partial charge is 0.231 e. The van der Waals surface area contributed by atoms with Gasteiger partial charge in [-0.05, 0) is 6.58 Å². The molecule has 2 heteroatoms. The SMILES string of the molecule is C=C=C=C1OO1. The largest absolute Gasteiger partial charge is 0.430 e. The molecule has 0 N–H and O–H groups in total.